The molecule has 1 saturated heterocycles. The monoisotopic (exact) mass is 265 g/mol. The predicted molar refractivity (Wildman–Crippen MR) is 54.8 cm³/mol. The summed E-state index contributed by atoms with van der Waals surface area (Å²) in [6.45, 7) is 4.70. The van der Waals surface area contributed by atoms with E-state index in [1.54, 1.807) is 0 Å². The van der Waals surface area contributed by atoms with Gasteiger partial charge in [-0.2, -0.15) is 0 Å². The molecule has 62 valence electrons. The van der Waals surface area contributed by atoms with Gasteiger partial charge in [-0.05, 0) is 6.92 Å². The maximum absolute atomic E-state index is 7.61. The predicted octanol–water partition coefficient (Wildman–Crippen LogP) is 1.46. The van der Waals surface area contributed by atoms with E-state index < -0.39 is 0 Å². The molecule has 0 aliphatic carbocycles. The number of rotatable bonds is 1. The molecule has 0 aromatic carbocycles. The van der Waals surface area contributed by atoms with Gasteiger partial charge >= 0.3 is 0 Å². The Balaban J connectivity index is 2.50. The van der Waals surface area contributed by atoms with E-state index in [1.807, 2.05) is 24.1 Å². The number of hydrogen-bond acceptors (Lipinski definition) is 2. The van der Waals surface area contributed by atoms with Gasteiger partial charge in [-0.1, -0.05) is 6.08 Å². The zero-order valence-electron chi connectivity index (χ0n) is 6.55. The first kappa shape index (κ1) is 8.99. The zero-order valence-corrected chi connectivity index (χ0v) is 8.71. The molecule has 1 rings (SSSR count). The highest BCUT2D eigenvalue weighted by atomic mass is 127. The van der Waals surface area contributed by atoms with Crippen molar-refractivity contribution >= 4 is 28.7 Å². The topological polar surface area (TPSA) is 30.3 Å². The standard InChI is InChI=1S/C7H12IN3/c1-2-3-10-4-5-11(8)6-7(10)9/h2-3,9H,4-6H2,1H3/b3-2-,9-7?. The summed E-state index contributed by atoms with van der Waals surface area (Å²) in [5, 5.41) is 7.61. The Bertz CT molecular complexity index is 179. The van der Waals surface area contributed by atoms with Gasteiger partial charge in [0, 0.05) is 42.2 Å². The Morgan fingerprint density at radius 3 is 2.82 bits per heavy atom. The SMILES string of the molecule is C/C=C\N1CCN(I)CC1=N. The number of hydrogen-bond donors (Lipinski definition) is 1. The van der Waals surface area contributed by atoms with Crippen LogP contribution in [0.5, 0.6) is 0 Å². The van der Waals surface area contributed by atoms with Crippen molar-refractivity contribution < 1.29 is 0 Å². The maximum Gasteiger partial charge on any atom is 0.115 e. The molecule has 0 unspecified atom stereocenters. The second-order valence-corrected chi connectivity index (χ2v) is 3.83. The Morgan fingerprint density at radius 1 is 1.55 bits per heavy atom. The van der Waals surface area contributed by atoms with Crippen molar-refractivity contribution in [1.29, 1.82) is 5.41 Å². The fraction of sp³-hybridized carbons (Fsp3) is 0.571. The number of nitrogens with zero attached hydrogens (tertiary/aromatic N) is 2. The quantitative estimate of drug-likeness (QED) is 0.574. The molecule has 1 fully saturated rings. The lowest BCUT2D eigenvalue weighted by atomic mass is 10.3. The van der Waals surface area contributed by atoms with E-state index in [4.69, 9.17) is 5.41 Å². The number of nitrogens with one attached hydrogen (secondary N) is 1. The number of allylic oxidation sites excluding steroid dienone is 1. The number of halogens is 1. The second kappa shape index (κ2) is 4.06. The lowest BCUT2D eigenvalue weighted by Crippen LogP contribution is -2.43. The van der Waals surface area contributed by atoms with Crippen molar-refractivity contribution in [3.05, 3.63) is 12.3 Å². The summed E-state index contributed by atoms with van der Waals surface area (Å²) >= 11 is 2.25. The van der Waals surface area contributed by atoms with Crippen molar-refractivity contribution in [2.45, 2.75) is 6.92 Å². The number of piperazine rings is 1. The Kier molecular flexibility index (Phi) is 3.32. The first-order valence-corrected chi connectivity index (χ1v) is 4.58. The molecule has 0 spiro atoms. The first-order valence-electron chi connectivity index (χ1n) is 3.61. The van der Waals surface area contributed by atoms with Crippen molar-refractivity contribution in [2.75, 3.05) is 19.6 Å². The summed E-state index contributed by atoms with van der Waals surface area (Å²) in [7, 11) is 0. The molecule has 0 amide bonds. The highest BCUT2D eigenvalue weighted by Crippen LogP contribution is 2.07. The van der Waals surface area contributed by atoms with E-state index in [9.17, 15) is 0 Å². The lowest BCUT2D eigenvalue weighted by molar-refractivity contribution is 0.407. The third kappa shape index (κ3) is 2.44. The summed E-state index contributed by atoms with van der Waals surface area (Å²) < 4.78 is 2.13. The van der Waals surface area contributed by atoms with Crippen LogP contribution in [0.15, 0.2) is 12.3 Å². The summed E-state index contributed by atoms with van der Waals surface area (Å²) in [6.07, 6.45) is 3.93. The average Bonchev–Trinajstić information content (AvgIpc) is 1.95. The molecule has 1 N–H and O–H groups in total. The third-order valence-corrected chi connectivity index (χ3v) is 2.40. The third-order valence-electron chi connectivity index (χ3n) is 1.58. The fourth-order valence-corrected chi connectivity index (χ4v) is 1.57. The van der Waals surface area contributed by atoms with Gasteiger partial charge in [-0.25, -0.2) is 3.11 Å². The van der Waals surface area contributed by atoms with Crippen LogP contribution in [-0.4, -0.2) is 33.5 Å². The summed E-state index contributed by atoms with van der Waals surface area (Å²) in [4.78, 5) is 1.98. The molecule has 11 heavy (non-hydrogen) atoms. The van der Waals surface area contributed by atoms with Crippen LogP contribution >= 0.6 is 22.9 Å². The van der Waals surface area contributed by atoms with E-state index in [1.165, 1.54) is 0 Å². The molecule has 3 nitrogen and oxygen atoms in total. The van der Waals surface area contributed by atoms with Gasteiger partial charge in [-0.15, -0.1) is 0 Å². The van der Waals surface area contributed by atoms with Gasteiger partial charge in [0.15, 0.2) is 0 Å². The normalized spacial score (nSPS) is 21.6. The molecule has 1 aliphatic heterocycles. The summed E-state index contributed by atoms with van der Waals surface area (Å²) in [5.41, 5.74) is 0. The molecule has 0 atom stereocenters. The Hall–Kier alpha value is -0.100. The molecule has 0 saturated carbocycles. The Morgan fingerprint density at radius 2 is 2.27 bits per heavy atom. The molecular weight excluding hydrogens is 253 g/mol. The van der Waals surface area contributed by atoms with Gasteiger partial charge in [0.2, 0.25) is 0 Å². The summed E-state index contributed by atoms with van der Waals surface area (Å²) in [6, 6.07) is 0. The van der Waals surface area contributed by atoms with Crippen molar-refractivity contribution in [3.63, 3.8) is 0 Å². The molecule has 0 bridgehead atoms. The van der Waals surface area contributed by atoms with Gasteiger partial charge in [0.25, 0.3) is 0 Å². The average molecular weight is 265 g/mol. The van der Waals surface area contributed by atoms with E-state index in [2.05, 4.69) is 26.0 Å². The van der Waals surface area contributed by atoms with E-state index in [0.717, 1.165) is 19.6 Å². The second-order valence-electron chi connectivity index (χ2n) is 2.47. The van der Waals surface area contributed by atoms with Crippen LogP contribution in [0.3, 0.4) is 0 Å². The van der Waals surface area contributed by atoms with E-state index in [0.29, 0.717) is 5.84 Å². The van der Waals surface area contributed by atoms with Gasteiger partial charge in [0.05, 0.1) is 6.54 Å². The zero-order chi connectivity index (χ0) is 8.27. The Labute approximate surface area is 81.1 Å². The molecule has 0 aromatic rings. The van der Waals surface area contributed by atoms with Crippen LogP contribution in [0.2, 0.25) is 0 Å². The van der Waals surface area contributed by atoms with Crippen molar-refractivity contribution in [1.82, 2.24) is 8.01 Å². The first-order chi connectivity index (χ1) is 5.24. The molecule has 4 heteroatoms. The lowest BCUT2D eigenvalue weighted by Gasteiger charge is -2.30. The van der Waals surface area contributed by atoms with Crippen LogP contribution in [0.1, 0.15) is 6.92 Å². The van der Waals surface area contributed by atoms with E-state index >= 15 is 0 Å². The fourth-order valence-electron chi connectivity index (χ4n) is 1.03. The molecule has 0 aromatic heterocycles. The summed E-state index contributed by atoms with van der Waals surface area (Å²) in [5.74, 6) is 0.684. The minimum atomic E-state index is 0.684. The minimum absolute atomic E-state index is 0.684. The van der Waals surface area contributed by atoms with Crippen LogP contribution < -0.4 is 0 Å². The van der Waals surface area contributed by atoms with Gasteiger partial charge < -0.3 is 4.90 Å². The van der Waals surface area contributed by atoms with Crippen LogP contribution in [-0.2, 0) is 0 Å². The van der Waals surface area contributed by atoms with E-state index in [-0.39, 0.29) is 0 Å². The maximum atomic E-state index is 7.61. The van der Waals surface area contributed by atoms with Gasteiger partial charge in [0.1, 0.15) is 5.84 Å². The van der Waals surface area contributed by atoms with Gasteiger partial charge in [-0.3, -0.25) is 5.41 Å². The van der Waals surface area contributed by atoms with Crippen molar-refractivity contribution in [3.8, 4) is 0 Å². The molecule has 0 radical (unpaired) electrons. The van der Waals surface area contributed by atoms with Crippen LogP contribution in [0.25, 0.3) is 0 Å². The highest BCUT2D eigenvalue weighted by molar-refractivity contribution is 14.1. The highest BCUT2D eigenvalue weighted by Gasteiger charge is 2.16. The smallest absolute Gasteiger partial charge is 0.115 e. The molecule has 1 heterocycles. The molecular formula is C7H12IN3. The molecule has 1 aliphatic rings. The van der Waals surface area contributed by atoms with Crippen molar-refractivity contribution in [2.24, 2.45) is 0 Å². The van der Waals surface area contributed by atoms with Crippen LogP contribution in [0, 0.1) is 5.41 Å². The largest absolute Gasteiger partial charge is 0.335 e. The number of amidine groups is 1. The van der Waals surface area contributed by atoms with Crippen LogP contribution in [0.4, 0.5) is 0 Å². The minimum Gasteiger partial charge on any atom is -0.335 e.